The number of ether oxygens (including phenoxy) is 1. The molecule has 19 heavy (non-hydrogen) atoms. The fourth-order valence-electron chi connectivity index (χ4n) is 3.16. The Morgan fingerprint density at radius 1 is 1.11 bits per heavy atom. The number of hydrogen-bond donors (Lipinski definition) is 1. The molecule has 0 amide bonds. The second-order valence-corrected chi connectivity index (χ2v) is 6.11. The van der Waals surface area contributed by atoms with Crippen LogP contribution in [-0.4, -0.2) is 12.7 Å². The lowest BCUT2D eigenvalue weighted by atomic mass is 9.80. The van der Waals surface area contributed by atoms with Crippen LogP contribution < -0.4 is 5.73 Å². The van der Waals surface area contributed by atoms with E-state index in [0.29, 0.717) is 6.10 Å². The van der Waals surface area contributed by atoms with E-state index < -0.39 is 0 Å². The molecule has 2 nitrogen and oxygen atoms in total. The van der Waals surface area contributed by atoms with Crippen molar-refractivity contribution >= 4 is 0 Å². The Hall–Kier alpha value is -0.860. The molecule has 2 heteroatoms. The zero-order valence-corrected chi connectivity index (χ0v) is 11.7. The van der Waals surface area contributed by atoms with Gasteiger partial charge in [0.25, 0.3) is 0 Å². The van der Waals surface area contributed by atoms with Crippen molar-refractivity contribution in [2.24, 2.45) is 5.73 Å². The van der Waals surface area contributed by atoms with Crippen LogP contribution in [0.15, 0.2) is 24.3 Å². The minimum Gasteiger partial charge on any atom is -0.378 e. The summed E-state index contributed by atoms with van der Waals surface area (Å²) in [5, 5.41) is 0. The molecule has 1 saturated heterocycles. The first-order chi connectivity index (χ1) is 9.33. The van der Waals surface area contributed by atoms with Gasteiger partial charge < -0.3 is 10.5 Å². The molecule has 0 bridgehead atoms. The summed E-state index contributed by atoms with van der Waals surface area (Å²) in [6.07, 6.45) is 9.16. The van der Waals surface area contributed by atoms with Crippen LogP contribution in [0.4, 0.5) is 0 Å². The summed E-state index contributed by atoms with van der Waals surface area (Å²) in [6, 6.07) is 9.19. The third kappa shape index (κ3) is 3.18. The molecule has 1 aromatic rings. The predicted octanol–water partition coefficient (Wildman–Crippen LogP) is 3.91. The maximum Gasteiger partial charge on any atom is 0.0576 e. The maximum atomic E-state index is 6.29. The van der Waals surface area contributed by atoms with Crippen LogP contribution in [0.1, 0.15) is 68.0 Å². The summed E-state index contributed by atoms with van der Waals surface area (Å²) < 4.78 is 5.66. The van der Waals surface area contributed by atoms with Crippen molar-refractivity contribution in [3.63, 3.8) is 0 Å². The fourth-order valence-corrected chi connectivity index (χ4v) is 3.16. The van der Waals surface area contributed by atoms with Crippen molar-refractivity contribution in [2.45, 2.75) is 63.0 Å². The molecule has 2 aliphatic rings. The normalized spacial score (nSPS) is 25.2. The van der Waals surface area contributed by atoms with Gasteiger partial charge in [0.05, 0.1) is 6.10 Å². The molecule has 1 aromatic carbocycles. The summed E-state index contributed by atoms with van der Waals surface area (Å²) in [5.41, 5.74) is 9.07. The largest absolute Gasteiger partial charge is 0.378 e. The molecular formula is C17H25NO. The molecule has 1 heterocycles. The van der Waals surface area contributed by atoms with Gasteiger partial charge in [-0.25, -0.2) is 0 Å². The van der Waals surface area contributed by atoms with Gasteiger partial charge in [0.15, 0.2) is 0 Å². The summed E-state index contributed by atoms with van der Waals surface area (Å²) in [7, 11) is 0. The van der Waals surface area contributed by atoms with Crippen LogP contribution >= 0.6 is 0 Å². The smallest absolute Gasteiger partial charge is 0.0576 e. The molecular weight excluding hydrogens is 234 g/mol. The Bertz CT molecular complexity index is 390. The molecule has 1 aliphatic heterocycles. The first kappa shape index (κ1) is 13.1. The Morgan fingerprint density at radius 2 is 1.89 bits per heavy atom. The van der Waals surface area contributed by atoms with Gasteiger partial charge in [-0.3, -0.25) is 0 Å². The molecule has 2 unspecified atom stereocenters. The van der Waals surface area contributed by atoms with E-state index in [1.807, 2.05) is 0 Å². The van der Waals surface area contributed by atoms with Crippen molar-refractivity contribution in [3.8, 4) is 0 Å². The van der Waals surface area contributed by atoms with Gasteiger partial charge in [0.1, 0.15) is 0 Å². The lowest BCUT2D eigenvalue weighted by molar-refractivity contribution is 0.101. The number of benzene rings is 1. The highest BCUT2D eigenvalue weighted by molar-refractivity contribution is 5.28. The van der Waals surface area contributed by atoms with Crippen LogP contribution in [0.3, 0.4) is 0 Å². The van der Waals surface area contributed by atoms with E-state index in [-0.39, 0.29) is 6.04 Å². The predicted molar refractivity (Wildman–Crippen MR) is 78.2 cm³/mol. The average molecular weight is 259 g/mol. The quantitative estimate of drug-likeness (QED) is 0.870. The van der Waals surface area contributed by atoms with Gasteiger partial charge in [-0.05, 0) is 55.6 Å². The van der Waals surface area contributed by atoms with E-state index in [1.54, 1.807) is 0 Å². The van der Waals surface area contributed by atoms with E-state index in [4.69, 9.17) is 10.5 Å². The van der Waals surface area contributed by atoms with Crippen molar-refractivity contribution in [3.05, 3.63) is 35.4 Å². The molecule has 3 rings (SSSR count). The number of nitrogens with two attached hydrogens (primary N) is 1. The molecule has 2 atom stereocenters. The molecule has 0 spiro atoms. The Morgan fingerprint density at radius 3 is 2.47 bits per heavy atom. The zero-order valence-electron chi connectivity index (χ0n) is 11.7. The zero-order chi connectivity index (χ0) is 13.1. The molecule has 104 valence electrons. The highest BCUT2D eigenvalue weighted by Gasteiger charge is 2.20. The molecule has 2 fully saturated rings. The topological polar surface area (TPSA) is 35.2 Å². The lowest BCUT2D eigenvalue weighted by Gasteiger charge is -2.26. The van der Waals surface area contributed by atoms with E-state index in [2.05, 4.69) is 24.3 Å². The Labute approximate surface area is 116 Å². The van der Waals surface area contributed by atoms with Gasteiger partial charge in [0, 0.05) is 12.6 Å². The highest BCUT2D eigenvalue weighted by Crippen LogP contribution is 2.36. The molecule has 2 N–H and O–H groups in total. The fraction of sp³-hybridized carbons (Fsp3) is 0.647. The van der Waals surface area contributed by atoms with Crippen molar-refractivity contribution in [1.29, 1.82) is 0 Å². The second kappa shape index (κ2) is 6.06. The summed E-state index contributed by atoms with van der Waals surface area (Å²) >= 11 is 0. The molecule has 1 aliphatic carbocycles. The Kier molecular flexibility index (Phi) is 4.19. The van der Waals surface area contributed by atoms with Crippen LogP contribution in [0.5, 0.6) is 0 Å². The summed E-state index contributed by atoms with van der Waals surface area (Å²) in [5.74, 6) is 0.817. The van der Waals surface area contributed by atoms with Gasteiger partial charge in [-0.2, -0.15) is 0 Å². The second-order valence-electron chi connectivity index (χ2n) is 6.11. The molecule has 0 radical (unpaired) electrons. The Balaban J connectivity index is 1.52. The summed E-state index contributed by atoms with van der Waals surface area (Å²) in [6.45, 7) is 0.940. The van der Waals surface area contributed by atoms with E-state index >= 15 is 0 Å². The first-order valence-electron chi connectivity index (χ1n) is 7.80. The van der Waals surface area contributed by atoms with Gasteiger partial charge >= 0.3 is 0 Å². The minimum atomic E-state index is 0.166. The first-order valence-corrected chi connectivity index (χ1v) is 7.80. The number of rotatable bonds is 5. The standard InChI is InChI=1S/C17H25NO/c18-17(11-10-16-5-2-12-19-16)15-8-6-14(7-9-15)13-3-1-4-13/h6-9,13,16-17H,1-5,10-12,18H2. The minimum absolute atomic E-state index is 0.166. The van der Waals surface area contributed by atoms with Gasteiger partial charge in [-0.1, -0.05) is 30.7 Å². The van der Waals surface area contributed by atoms with Gasteiger partial charge in [0.2, 0.25) is 0 Å². The van der Waals surface area contributed by atoms with Crippen LogP contribution in [-0.2, 0) is 4.74 Å². The van der Waals surface area contributed by atoms with E-state index in [1.165, 1.54) is 43.2 Å². The number of hydrogen-bond acceptors (Lipinski definition) is 2. The SMILES string of the molecule is NC(CCC1CCCO1)c1ccc(C2CCC2)cc1. The maximum absolute atomic E-state index is 6.29. The van der Waals surface area contributed by atoms with E-state index in [9.17, 15) is 0 Å². The highest BCUT2D eigenvalue weighted by atomic mass is 16.5. The van der Waals surface area contributed by atoms with Crippen LogP contribution in [0, 0.1) is 0 Å². The summed E-state index contributed by atoms with van der Waals surface area (Å²) in [4.78, 5) is 0. The molecule has 1 saturated carbocycles. The molecule has 0 aromatic heterocycles. The monoisotopic (exact) mass is 259 g/mol. The lowest BCUT2D eigenvalue weighted by Crippen LogP contribution is -2.15. The van der Waals surface area contributed by atoms with Crippen molar-refractivity contribution in [2.75, 3.05) is 6.61 Å². The third-order valence-electron chi connectivity index (χ3n) is 4.76. The van der Waals surface area contributed by atoms with Gasteiger partial charge in [-0.15, -0.1) is 0 Å². The van der Waals surface area contributed by atoms with Crippen LogP contribution in [0.25, 0.3) is 0 Å². The third-order valence-corrected chi connectivity index (χ3v) is 4.76. The van der Waals surface area contributed by atoms with Crippen molar-refractivity contribution in [1.82, 2.24) is 0 Å². The van der Waals surface area contributed by atoms with E-state index in [0.717, 1.165) is 25.4 Å². The van der Waals surface area contributed by atoms with Crippen molar-refractivity contribution < 1.29 is 4.74 Å². The average Bonchev–Trinajstić information content (AvgIpc) is 2.88. The van der Waals surface area contributed by atoms with Crippen LogP contribution in [0.2, 0.25) is 0 Å².